The highest BCUT2D eigenvalue weighted by Gasteiger charge is 2.13. The second-order valence-corrected chi connectivity index (χ2v) is 3.96. The van der Waals surface area contributed by atoms with Crippen LogP contribution in [-0.2, 0) is 4.57 Å². The number of rotatable bonds is 3. The summed E-state index contributed by atoms with van der Waals surface area (Å²) in [6.07, 6.45) is 0. The molecule has 9 heteroatoms. The molecule has 0 aliphatic carbocycles. The molecule has 1 unspecified atom stereocenters. The first-order chi connectivity index (χ1) is 6.79. The van der Waals surface area contributed by atoms with Gasteiger partial charge < -0.3 is 14.3 Å². The van der Waals surface area contributed by atoms with Crippen LogP contribution in [0.15, 0.2) is 18.2 Å². The minimum atomic E-state index is -4.96. The molecule has 15 heavy (non-hydrogen) atoms. The molecule has 0 heterocycles. The van der Waals surface area contributed by atoms with E-state index in [0.717, 1.165) is 18.2 Å². The Morgan fingerprint density at radius 3 is 2.53 bits per heavy atom. The van der Waals surface area contributed by atoms with Crippen LogP contribution in [0.2, 0.25) is 5.02 Å². The molecule has 0 fully saturated rings. The van der Waals surface area contributed by atoms with Crippen molar-refractivity contribution in [3.05, 3.63) is 33.3 Å². The third-order valence-corrected chi connectivity index (χ3v) is 2.06. The van der Waals surface area contributed by atoms with Crippen molar-refractivity contribution in [3.63, 3.8) is 0 Å². The zero-order valence-electron chi connectivity index (χ0n) is 6.99. The zero-order valence-corrected chi connectivity index (χ0v) is 8.64. The third-order valence-electron chi connectivity index (χ3n) is 1.34. The van der Waals surface area contributed by atoms with Crippen LogP contribution >= 0.6 is 19.4 Å². The van der Waals surface area contributed by atoms with Crippen LogP contribution in [-0.4, -0.2) is 9.82 Å². The number of nitrogens with zero attached hydrogens (tertiary/aromatic N) is 1. The minimum absolute atomic E-state index is 0.283. The minimum Gasteiger partial charge on any atom is -0.746 e. The Bertz CT molecular complexity index is 443. The van der Waals surface area contributed by atoms with Gasteiger partial charge in [-0.15, -0.1) is 0 Å². The molecular weight excluding hydrogens is 248 g/mol. The van der Waals surface area contributed by atoms with Crippen molar-refractivity contribution in [1.82, 2.24) is 0 Å². The molecule has 1 aromatic carbocycles. The maximum atomic E-state index is 10.3. The summed E-state index contributed by atoms with van der Waals surface area (Å²) in [5.41, 5.74) is -0.314. The molecule has 0 radical (unpaired) electrons. The fraction of sp³-hybridized carbons (Fsp3) is 0. The van der Waals surface area contributed by atoms with E-state index in [1.807, 2.05) is 0 Å². The molecule has 7 nitrogen and oxygen atoms in total. The molecule has 1 aromatic rings. The first-order valence-corrected chi connectivity index (χ1v) is 5.34. The summed E-state index contributed by atoms with van der Waals surface area (Å²) in [5.74, 6) is -0.372. The van der Waals surface area contributed by atoms with E-state index >= 15 is 0 Å². The average molecular weight is 253 g/mol. The summed E-state index contributed by atoms with van der Waals surface area (Å²) < 4.78 is 14.4. The first kappa shape index (κ1) is 11.9. The van der Waals surface area contributed by atoms with E-state index in [0.29, 0.717) is 0 Å². The monoisotopic (exact) mass is 252 g/mol. The van der Waals surface area contributed by atoms with E-state index in [4.69, 9.17) is 16.5 Å². The smallest absolute Gasteiger partial charge is 0.317 e. The van der Waals surface area contributed by atoms with E-state index in [9.17, 15) is 19.6 Å². The van der Waals surface area contributed by atoms with Crippen molar-refractivity contribution in [3.8, 4) is 5.75 Å². The number of halogens is 1. The number of benzene rings is 1. The Hall–Kier alpha value is -1.14. The Morgan fingerprint density at radius 2 is 2.13 bits per heavy atom. The number of phosphoric ester groups is 1. The van der Waals surface area contributed by atoms with Gasteiger partial charge in [-0.3, -0.25) is 14.7 Å². The summed E-state index contributed by atoms with van der Waals surface area (Å²) in [6, 6.07) is 2.88. The molecule has 1 atom stereocenters. The van der Waals surface area contributed by atoms with E-state index in [-0.39, 0.29) is 16.5 Å². The number of phosphoric acid groups is 1. The van der Waals surface area contributed by atoms with Gasteiger partial charge in [-0.05, 0) is 6.07 Å². The summed E-state index contributed by atoms with van der Waals surface area (Å²) in [6.45, 7) is 0. The van der Waals surface area contributed by atoms with E-state index in [1.54, 1.807) is 0 Å². The normalized spacial score (nSPS) is 14.3. The van der Waals surface area contributed by atoms with Crippen molar-refractivity contribution >= 4 is 25.1 Å². The number of nitro benzene ring substituents is 1. The van der Waals surface area contributed by atoms with Crippen LogP contribution in [0.3, 0.4) is 0 Å². The van der Waals surface area contributed by atoms with Crippen LogP contribution in [0.1, 0.15) is 0 Å². The second-order valence-electron chi connectivity index (χ2n) is 2.43. The van der Waals surface area contributed by atoms with Crippen LogP contribution in [0, 0.1) is 10.1 Å². The summed E-state index contributed by atoms with van der Waals surface area (Å²) in [7, 11) is -4.96. The zero-order chi connectivity index (χ0) is 11.6. The Balaban J connectivity index is 3.04. The standard InChI is InChI=1S/C6H5ClNO6P/c7-5-3-4(8(9)10)1-2-6(5)14-15(11,12)13/h1-3H,(H2,11,12,13)/p-1. The number of nitro groups is 1. The van der Waals surface area contributed by atoms with Gasteiger partial charge in [0.25, 0.3) is 5.69 Å². The van der Waals surface area contributed by atoms with Crippen LogP contribution in [0.5, 0.6) is 5.75 Å². The lowest BCUT2D eigenvalue weighted by Crippen LogP contribution is -2.05. The fourth-order valence-corrected chi connectivity index (χ4v) is 1.48. The number of hydrogen-bond donors (Lipinski definition) is 1. The molecule has 1 rings (SSSR count). The van der Waals surface area contributed by atoms with Gasteiger partial charge in [-0.2, -0.15) is 0 Å². The van der Waals surface area contributed by atoms with Gasteiger partial charge in [-0.25, -0.2) is 0 Å². The molecule has 0 amide bonds. The third kappa shape index (κ3) is 3.49. The molecule has 0 aliphatic heterocycles. The quantitative estimate of drug-likeness (QED) is 0.489. The Labute approximate surface area is 88.6 Å². The van der Waals surface area contributed by atoms with Gasteiger partial charge in [0.2, 0.25) is 0 Å². The summed E-state index contributed by atoms with van der Waals surface area (Å²) in [4.78, 5) is 28.3. The van der Waals surface area contributed by atoms with Gasteiger partial charge in [-0.1, -0.05) is 11.6 Å². The molecular formula is C6H4ClNO6P-. The van der Waals surface area contributed by atoms with E-state index in [1.165, 1.54) is 0 Å². The molecule has 0 aliphatic rings. The molecule has 0 saturated heterocycles. The van der Waals surface area contributed by atoms with Crippen LogP contribution < -0.4 is 9.42 Å². The average Bonchev–Trinajstić information content (AvgIpc) is 2.05. The van der Waals surface area contributed by atoms with Crippen molar-refractivity contribution in [1.29, 1.82) is 0 Å². The van der Waals surface area contributed by atoms with Gasteiger partial charge in [0.1, 0.15) is 5.75 Å². The molecule has 1 N–H and O–H groups in total. The number of non-ortho nitro benzene ring substituents is 1. The van der Waals surface area contributed by atoms with E-state index in [2.05, 4.69) is 4.52 Å². The highest BCUT2D eigenvalue weighted by Crippen LogP contribution is 2.38. The lowest BCUT2D eigenvalue weighted by Gasteiger charge is -2.17. The highest BCUT2D eigenvalue weighted by atomic mass is 35.5. The fourth-order valence-electron chi connectivity index (χ4n) is 0.802. The first-order valence-electron chi connectivity index (χ1n) is 3.47. The molecule has 0 saturated carbocycles. The SMILES string of the molecule is O=[N+]([O-])c1ccc(OP(=O)([O-])O)c(Cl)c1. The van der Waals surface area contributed by atoms with Gasteiger partial charge >= 0.3 is 7.82 Å². The van der Waals surface area contributed by atoms with Crippen molar-refractivity contribution < 1.29 is 23.8 Å². The summed E-state index contributed by atoms with van der Waals surface area (Å²) >= 11 is 5.48. The second kappa shape index (κ2) is 4.16. The maximum absolute atomic E-state index is 10.3. The Morgan fingerprint density at radius 1 is 1.53 bits per heavy atom. The van der Waals surface area contributed by atoms with Crippen LogP contribution in [0.4, 0.5) is 5.69 Å². The lowest BCUT2D eigenvalue weighted by molar-refractivity contribution is -0.384. The topological polar surface area (TPSA) is 113 Å². The largest absolute Gasteiger partial charge is 0.746 e. The van der Waals surface area contributed by atoms with Crippen molar-refractivity contribution in [2.45, 2.75) is 0 Å². The molecule has 82 valence electrons. The number of hydrogen-bond acceptors (Lipinski definition) is 5. The maximum Gasteiger partial charge on any atom is 0.317 e. The predicted octanol–water partition coefficient (Wildman–Crippen LogP) is 1.09. The molecule has 0 aromatic heterocycles. The Kier molecular flexibility index (Phi) is 3.31. The molecule has 0 bridgehead atoms. The summed E-state index contributed by atoms with van der Waals surface area (Å²) in [5, 5.41) is 10.0. The highest BCUT2D eigenvalue weighted by molar-refractivity contribution is 7.45. The van der Waals surface area contributed by atoms with E-state index < -0.39 is 12.7 Å². The lowest BCUT2D eigenvalue weighted by atomic mass is 10.3. The van der Waals surface area contributed by atoms with Gasteiger partial charge in [0.05, 0.1) is 9.95 Å². The predicted molar refractivity (Wildman–Crippen MR) is 48.6 cm³/mol. The van der Waals surface area contributed by atoms with Gasteiger partial charge in [0, 0.05) is 12.1 Å². The van der Waals surface area contributed by atoms with Crippen LogP contribution in [0.25, 0.3) is 0 Å². The van der Waals surface area contributed by atoms with Crippen molar-refractivity contribution in [2.24, 2.45) is 0 Å². The molecule has 0 spiro atoms. The van der Waals surface area contributed by atoms with Crippen molar-refractivity contribution in [2.75, 3.05) is 0 Å². The van der Waals surface area contributed by atoms with Gasteiger partial charge in [0.15, 0.2) is 0 Å².